The molecule has 3 aliphatic rings. The third-order valence-electron chi connectivity index (χ3n) is 8.19. The van der Waals surface area contributed by atoms with Crippen molar-refractivity contribution in [3.05, 3.63) is 112 Å². The van der Waals surface area contributed by atoms with Crippen molar-refractivity contribution in [1.82, 2.24) is 0 Å². The number of carbonyl (C=O) groups is 2. The molecule has 8 nitrogen and oxygen atoms in total. The van der Waals surface area contributed by atoms with Gasteiger partial charge in [0.2, 0.25) is 5.78 Å². The van der Waals surface area contributed by atoms with E-state index in [-0.39, 0.29) is 23.9 Å². The molecule has 0 aromatic heterocycles. The number of allylic oxidation sites excluding steroid dienone is 1. The van der Waals surface area contributed by atoms with Crippen molar-refractivity contribution in [2.75, 3.05) is 27.4 Å². The van der Waals surface area contributed by atoms with Crippen LogP contribution in [-0.4, -0.2) is 39.2 Å². The van der Waals surface area contributed by atoms with Crippen molar-refractivity contribution >= 4 is 17.8 Å². The van der Waals surface area contributed by atoms with Crippen LogP contribution < -0.4 is 28.4 Å². The van der Waals surface area contributed by atoms with Gasteiger partial charge in [-0.25, -0.2) is 0 Å². The summed E-state index contributed by atoms with van der Waals surface area (Å²) in [6.45, 7) is 1.11. The molecule has 4 aromatic rings. The monoisotopic (exact) mass is 590 g/mol. The van der Waals surface area contributed by atoms with E-state index in [1.54, 1.807) is 32.4 Å². The van der Waals surface area contributed by atoms with Gasteiger partial charge in [-0.1, -0.05) is 36.4 Å². The Balaban J connectivity index is 1.22. The van der Waals surface area contributed by atoms with Gasteiger partial charge in [-0.05, 0) is 59.2 Å². The number of benzene rings is 4. The van der Waals surface area contributed by atoms with Gasteiger partial charge in [-0.15, -0.1) is 0 Å². The lowest BCUT2D eigenvalue weighted by atomic mass is 9.84. The van der Waals surface area contributed by atoms with Crippen molar-refractivity contribution in [2.24, 2.45) is 0 Å². The number of methoxy groups -OCH3 is 2. The molecule has 7 rings (SSSR count). The summed E-state index contributed by atoms with van der Waals surface area (Å²) in [5, 5.41) is 0. The average Bonchev–Trinajstić information content (AvgIpc) is 3.64. The molecule has 8 heteroatoms. The van der Waals surface area contributed by atoms with Gasteiger partial charge in [0, 0.05) is 29.9 Å². The normalized spacial score (nSPS) is 17.2. The summed E-state index contributed by atoms with van der Waals surface area (Å²) < 4.78 is 34.9. The maximum absolute atomic E-state index is 13.5. The van der Waals surface area contributed by atoms with Crippen LogP contribution in [-0.2, 0) is 17.6 Å². The number of para-hydroxylation sites is 1. The van der Waals surface area contributed by atoms with Crippen molar-refractivity contribution in [1.29, 1.82) is 0 Å². The molecule has 0 bridgehead atoms. The Morgan fingerprint density at radius 3 is 2.57 bits per heavy atom. The lowest BCUT2D eigenvalue weighted by molar-refractivity contribution is -0.135. The molecule has 0 saturated carbocycles. The van der Waals surface area contributed by atoms with Crippen LogP contribution in [0.2, 0.25) is 0 Å². The first kappa shape index (κ1) is 27.6. The number of fused-ring (bicyclic) bond motifs is 4. The summed E-state index contributed by atoms with van der Waals surface area (Å²) in [7, 11) is 3.19. The van der Waals surface area contributed by atoms with Gasteiger partial charge >= 0.3 is 5.97 Å². The summed E-state index contributed by atoms with van der Waals surface area (Å²) in [6, 6.07) is 22.5. The fraction of sp³-hybridized carbons (Fsp3) is 0.222. The Labute approximate surface area is 254 Å². The molecule has 0 unspecified atom stereocenters. The van der Waals surface area contributed by atoms with Crippen LogP contribution in [0.4, 0.5) is 0 Å². The highest BCUT2D eigenvalue weighted by molar-refractivity contribution is 6.15. The highest BCUT2D eigenvalue weighted by Gasteiger charge is 2.40. The summed E-state index contributed by atoms with van der Waals surface area (Å²) in [5.41, 5.74) is 4.95. The van der Waals surface area contributed by atoms with Gasteiger partial charge in [0.05, 0.1) is 39.4 Å². The number of hydrogen-bond donors (Lipinski definition) is 0. The molecular weight excluding hydrogens is 560 g/mol. The summed E-state index contributed by atoms with van der Waals surface area (Å²) in [4.78, 5) is 26.3. The van der Waals surface area contributed by atoms with Gasteiger partial charge in [0.25, 0.3) is 0 Å². The molecule has 0 N–H and O–H groups in total. The SMILES string of the molecule is COc1ccc(/C=C2\Oc3c(ccc4c3[C@@H](c3cccc(OC)c3OCCc3ccc5c(c3)CCO5)CC(=O)O4)C2=O)cc1. The van der Waals surface area contributed by atoms with E-state index in [0.29, 0.717) is 59.5 Å². The van der Waals surface area contributed by atoms with Crippen molar-refractivity contribution < 1.29 is 38.0 Å². The van der Waals surface area contributed by atoms with Crippen molar-refractivity contribution in [2.45, 2.75) is 25.2 Å². The van der Waals surface area contributed by atoms with E-state index in [1.807, 2.05) is 48.5 Å². The molecule has 0 amide bonds. The van der Waals surface area contributed by atoms with E-state index in [4.69, 9.17) is 28.4 Å². The van der Waals surface area contributed by atoms with Gasteiger partial charge in [0.1, 0.15) is 23.0 Å². The number of carbonyl (C=O) groups excluding carboxylic acids is 2. The molecular formula is C36H30O8. The minimum atomic E-state index is -0.489. The number of Topliss-reactive ketones (excluding diaryl/α,β-unsaturated/α-hetero) is 1. The van der Waals surface area contributed by atoms with E-state index in [1.165, 1.54) is 5.56 Å². The third-order valence-corrected chi connectivity index (χ3v) is 8.19. The van der Waals surface area contributed by atoms with E-state index in [0.717, 1.165) is 28.9 Å². The summed E-state index contributed by atoms with van der Waals surface area (Å²) in [6.07, 6.45) is 3.33. The zero-order valence-corrected chi connectivity index (χ0v) is 24.4. The molecule has 0 fully saturated rings. The first-order valence-corrected chi connectivity index (χ1v) is 14.5. The maximum Gasteiger partial charge on any atom is 0.312 e. The number of ether oxygens (including phenoxy) is 6. The molecule has 0 radical (unpaired) electrons. The number of hydrogen-bond acceptors (Lipinski definition) is 8. The second-order valence-corrected chi connectivity index (χ2v) is 10.8. The first-order valence-electron chi connectivity index (χ1n) is 14.5. The highest BCUT2D eigenvalue weighted by atomic mass is 16.5. The zero-order chi connectivity index (χ0) is 30.2. The van der Waals surface area contributed by atoms with E-state index >= 15 is 0 Å². The first-order chi connectivity index (χ1) is 21.5. The van der Waals surface area contributed by atoms with Crippen LogP contribution >= 0.6 is 0 Å². The van der Waals surface area contributed by atoms with Gasteiger partial charge in [0.15, 0.2) is 17.3 Å². The minimum absolute atomic E-state index is 0.0485. The standard InChI is InChI=1S/C36H30O8/c1-39-24-9-6-21(7-10-24)19-31-34(38)26-11-13-29-33(36(26)44-31)27(20-32(37)43-29)25-4-3-5-30(40-2)35(25)42-16-14-22-8-12-28-23(18-22)15-17-41-28/h3-13,18-19,27H,14-17,20H2,1-2H3/b31-19-/t27-/m1/s1. The Kier molecular flexibility index (Phi) is 7.18. The van der Waals surface area contributed by atoms with Crippen molar-refractivity contribution in [3.8, 4) is 34.5 Å². The predicted octanol–water partition coefficient (Wildman–Crippen LogP) is 6.32. The van der Waals surface area contributed by atoms with Gasteiger partial charge < -0.3 is 28.4 Å². The molecule has 44 heavy (non-hydrogen) atoms. The van der Waals surface area contributed by atoms with Crippen LogP contribution in [0.1, 0.15) is 50.5 Å². The fourth-order valence-corrected chi connectivity index (χ4v) is 6.01. The Morgan fingerprint density at radius 1 is 0.909 bits per heavy atom. The van der Waals surface area contributed by atoms with Crippen LogP contribution in [0.5, 0.6) is 34.5 Å². The Bertz CT molecular complexity index is 1800. The van der Waals surface area contributed by atoms with Crippen LogP contribution in [0, 0.1) is 0 Å². The summed E-state index contributed by atoms with van der Waals surface area (Å²) >= 11 is 0. The Morgan fingerprint density at radius 2 is 1.75 bits per heavy atom. The largest absolute Gasteiger partial charge is 0.497 e. The predicted molar refractivity (Wildman–Crippen MR) is 162 cm³/mol. The van der Waals surface area contributed by atoms with Crippen LogP contribution in [0.25, 0.3) is 6.08 Å². The molecule has 0 aliphatic carbocycles. The lowest BCUT2D eigenvalue weighted by Gasteiger charge is -2.28. The van der Waals surface area contributed by atoms with E-state index in [9.17, 15) is 9.59 Å². The molecule has 0 spiro atoms. The minimum Gasteiger partial charge on any atom is -0.497 e. The highest BCUT2D eigenvalue weighted by Crippen LogP contribution is 2.51. The second kappa shape index (κ2) is 11.4. The van der Waals surface area contributed by atoms with Crippen LogP contribution in [0.15, 0.2) is 78.6 Å². The fourth-order valence-electron chi connectivity index (χ4n) is 6.01. The second-order valence-electron chi connectivity index (χ2n) is 10.8. The number of esters is 1. The van der Waals surface area contributed by atoms with Gasteiger partial charge in [-0.3, -0.25) is 9.59 Å². The lowest BCUT2D eigenvalue weighted by Crippen LogP contribution is -2.22. The molecule has 3 heterocycles. The van der Waals surface area contributed by atoms with Crippen molar-refractivity contribution in [3.63, 3.8) is 0 Å². The van der Waals surface area contributed by atoms with Gasteiger partial charge in [-0.2, -0.15) is 0 Å². The average molecular weight is 591 g/mol. The number of rotatable bonds is 8. The van der Waals surface area contributed by atoms with E-state index in [2.05, 4.69) is 12.1 Å². The molecule has 1 atom stereocenters. The third kappa shape index (κ3) is 5.02. The topological polar surface area (TPSA) is 89.5 Å². The Hall–Kier alpha value is -5.24. The van der Waals surface area contributed by atoms with Crippen LogP contribution in [0.3, 0.4) is 0 Å². The zero-order valence-electron chi connectivity index (χ0n) is 24.4. The quantitative estimate of drug-likeness (QED) is 0.134. The molecule has 4 aromatic carbocycles. The molecule has 3 aliphatic heterocycles. The molecule has 222 valence electrons. The molecule has 0 saturated heterocycles. The maximum atomic E-state index is 13.5. The van der Waals surface area contributed by atoms with E-state index < -0.39 is 5.92 Å². The smallest absolute Gasteiger partial charge is 0.312 e. The summed E-state index contributed by atoms with van der Waals surface area (Å²) in [5.74, 6) is 2.58. The number of ketones is 1.